The van der Waals surface area contributed by atoms with E-state index in [0.29, 0.717) is 11.7 Å². The van der Waals surface area contributed by atoms with E-state index in [4.69, 9.17) is 9.47 Å². The van der Waals surface area contributed by atoms with E-state index in [-0.39, 0.29) is 41.4 Å². The molecule has 8 heteroatoms. The normalized spacial score (nSPS) is 20.3. The second-order valence-electron chi connectivity index (χ2n) is 13.4. The number of aliphatic carboxylic acids is 1. The lowest BCUT2D eigenvalue weighted by Gasteiger charge is -2.44. The van der Waals surface area contributed by atoms with Crippen molar-refractivity contribution in [3.8, 4) is 5.75 Å². The average molecular weight is 648 g/mol. The van der Waals surface area contributed by atoms with Crippen LogP contribution in [0.3, 0.4) is 0 Å². The summed E-state index contributed by atoms with van der Waals surface area (Å²) in [6.45, 7) is 16.8. The molecule has 1 heterocycles. The van der Waals surface area contributed by atoms with Crippen molar-refractivity contribution in [1.82, 2.24) is 4.31 Å². The summed E-state index contributed by atoms with van der Waals surface area (Å²) in [6.07, 6.45) is 1.04. The summed E-state index contributed by atoms with van der Waals surface area (Å²) in [7, 11) is -2.08. The summed E-state index contributed by atoms with van der Waals surface area (Å²) in [6, 6.07) is 20.9. The molecule has 0 amide bonds. The van der Waals surface area contributed by atoms with E-state index in [9.17, 15) is 18.3 Å². The molecule has 1 N–H and O–H groups in total. The Balaban J connectivity index is 1.68. The Bertz CT molecular complexity index is 1610. The molecule has 0 saturated carbocycles. The number of carboxylic acid groups (broad SMARTS) is 1. The molecule has 46 heavy (non-hydrogen) atoms. The fourth-order valence-corrected chi connectivity index (χ4v) is 7.59. The number of nitrogens with zero attached hydrogens (tertiary/aromatic N) is 1. The van der Waals surface area contributed by atoms with Crippen molar-refractivity contribution in [2.75, 3.05) is 13.7 Å². The Kier molecular flexibility index (Phi) is 11.5. The highest BCUT2D eigenvalue weighted by Crippen LogP contribution is 2.50. The van der Waals surface area contributed by atoms with Gasteiger partial charge >= 0.3 is 5.97 Å². The lowest BCUT2D eigenvalue weighted by molar-refractivity contribution is -0.139. The first-order valence-electron chi connectivity index (χ1n) is 16.1. The van der Waals surface area contributed by atoms with Gasteiger partial charge in [-0.2, -0.15) is 4.31 Å². The maximum absolute atomic E-state index is 13.4. The second kappa shape index (κ2) is 15.0. The van der Waals surface area contributed by atoms with Crippen molar-refractivity contribution in [3.05, 3.63) is 107 Å². The molecular formula is C38H49NO6S. The van der Waals surface area contributed by atoms with Crippen LogP contribution in [0, 0.1) is 18.8 Å². The highest BCUT2D eigenvalue weighted by Gasteiger charge is 2.42. The minimum atomic E-state index is -3.68. The van der Waals surface area contributed by atoms with Gasteiger partial charge in [-0.05, 0) is 79.0 Å². The van der Waals surface area contributed by atoms with Gasteiger partial charge in [0.15, 0.2) is 6.61 Å². The van der Waals surface area contributed by atoms with Crippen LogP contribution in [-0.2, 0) is 26.1 Å². The van der Waals surface area contributed by atoms with Gasteiger partial charge in [-0.3, -0.25) is 0 Å². The summed E-state index contributed by atoms with van der Waals surface area (Å²) in [4.78, 5) is 11.8. The van der Waals surface area contributed by atoms with Gasteiger partial charge in [0.1, 0.15) is 5.75 Å². The summed E-state index contributed by atoms with van der Waals surface area (Å²) in [5.41, 5.74) is 5.86. The smallest absolute Gasteiger partial charge is 0.341 e. The van der Waals surface area contributed by atoms with Gasteiger partial charge in [-0.25, -0.2) is 13.2 Å². The summed E-state index contributed by atoms with van der Waals surface area (Å²) in [5, 5.41) is 9.42. The van der Waals surface area contributed by atoms with Crippen molar-refractivity contribution in [2.24, 2.45) is 11.8 Å². The molecule has 0 spiro atoms. The zero-order valence-electron chi connectivity index (χ0n) is 28.2. The first-order valence-corrected chi connectivity index (χ1v) is 17.5. The monoisotopic (exact) mass is 647 g/mol. The molecule has 7 nitrogen and oxygen atoms in total. The number of carbonyl (C=O) groups is 1. The molecule has 248 valence electrons. The Labute approximate surface area is 275 Å². The van der Waals surface area contributed by atoms with Gasteiger partial charge in [-0.1, -0.05) is 88.4 Å². The molecule has 4 rings (SSSR count). The Morgan fingerprint density at radius 3 is 2.28 bits per heavy atom. The van der Waals surface area contributed by atoms with Crippen LogP contribution in [0.5, 0.6) is 5.75 Å². The van der Waals surface area contributed by atoms with E-state index in [0.717, 1.165) is 46.2 Å². The Morgan fingerprint density at radius 2 is 1.72 bits per heavy atom. The highest BCUT2D eigenvalue weighted by atomic mass is 32.2. The van der Waals surface area contributed by atoms with E-state index < -0.39 is 22.6 Å². The van der Waals surface area contributed by atoms with Crippen molar-refractivity contribution in [3.63, 3.8) is 0 Å². The predicted octanol–water partition coefficient (Wildman–Crippen LogP) is 8.25. The van der Waals surface area contributed by atoms with Gasteiger partial charge in [0.25, 0.3) is 0 Å². The summed E-state index contributed by atoms with van der Waals surface area (Å²) >= 11 is 0. The van der Waals surface area contributed by atoms with Crippen LogP contribution in [0.1, 0.15) is 93.2 Å². The van der Waals surface area contributed by atoms with Crippen LogP contribution in [0.2, 0.25) is 0 Å². The fraction of sp³-hybridized carbons (Fsp3) is 0.447. The van der Waals surface area contributed by atoms with Gasteiger partial charge in [0, 0.05) is 31.0 Å². The van der Waals surface area contributed by atoms with Crippen molar-refractivity contribution in [2.45, 2.75) is 89.9 Å². The van der Waals surface area contributed by atoms with Crippen LogP contribution >= 0.6 is 0 Å². The van der Waals surface area contributed by atoms with Gasteiger partial charge in [0.2, 0.25) is 10.0 Å². The number of hydrogen-bond donors (Lipinski definition) is 1. The number of ether oxygens (including phenoxy) is 2. The topological polar surface area (TPSA) is 93.1 Å². The average Bonchev–Trinajstić information content (AvgIpc) is 2.99. The maximum atomic E-state index is 13.4. The van der Waals surface area contributed by atoms with E-state index in [1.807, 2.05) is 62.4 Å². The number of hydrogen-bond acceptors (Lipinski definition) is 5. The number of benzene rings is 3. The third kappa shape index (κ3) is 8.27. The maximum Gasteiger partial charge on any atom is 0.341 e. The third-order valence-electron chi connectivity index (χ3n) is 8.92. The molecule has 3 aromatic carbocycles. The number of carboxylic acids is 1. The first kappa shape index (κ1) is 35.4. The lowest BCUT2D eigenvalue weighted by atomic mass is 9.73. The van der Waals surface area contributed by atoms with Crippen LogP contribution in [0.4, 0.5) is 0 Å². The third-order valence-corrected chi connectivity index (χ3v) is 10.7. The van der Waals surface area contributed by atoms with E-state index in [1.54, 1.807) is 19.2 Å². The minimum Gasteiger partial charge on any atom is -0.482 e. The minimum absolute atomic E-state index is 0.0118. The van der Waals surface area contributed by atoms with Crippen LogP contribution < -0.4 is 4.74 Å². The van der Waals surface area contributed by atoms with Crippen LogP contribution in [0.25, 0.3) is 0 Å². The lowest BCUT2D eigenvalue weighted by Crippen LogP contribution is -2.37. The fourth-order valence-electron chi connectivity index (χ4n) is 6.43. The SMILES string of the molecule is C=C(C)[C@@H]1C[C@@H](c2ccc(S(=O)(=O)N(C)Cc3ccccc3)cc2)[C@@H](CC(C)C)O[C@H]1c1c(C)cc(C(C)C)cc1OCC(=O)O. The van der Waals surface area contributed by atoms with Crippen LogP contribution in [-0.4, -0.2) is 43.6 Å². The van der Waals surface area contributed by atoms with Crippen molar-refractivity contribution in [1.29, 1.82) is 0 Å². The molecule has 1 aliphatic rings. The molecule has 1 fully saturated rings. The number of rotatable bonds is 13. The van der Waals surface area contributed by atoms with E-state index in [2.05, 4.69) is 40.3 Å². The summed E-state index contributed by atoms with van der Waals surface area (Å²) < 4.78 is 41.2. The molecule has 0 aliphatic carbocycles. The molecule has 0 bridgehead atoms. The zero-order valence-corrected chi connectivity index (χ0v) is 29.0. The number of sulfonamides is 1. The summed E-state index contributed by atoms with van der Waals surface area (Å²) in [5.74, 6) is 0.0507. The van der Waals surface area contributed by atoms with Crippen molar-refractivity contribution < 1.29 is 27.8 Å². The van der Waals surface area contributed by atoms with Gasteiger partial charge < -0.3 is 14.6 Å². The predicted molar refractivity (Wildman–Crippen MR) is 183 cm³/mol. The van der Waals surface area contributed by atoms with E-state index in [1.165, 1.54) is 4.31 Å². The molecule has 3 aromatic rings. The quantitative estimate of drug-likeness (QED) is 0.188. The van der Waals surface area contributed by atoms with Crippen LogP contribution in [0.15, 0.2) is 83.8 Å². The molecular weight excluding hydrogens is 598 g/mol. The van der Waals surface area contributed by atoms with Crippen molar-refractivity contribution >= 4 is 16.0 Å². The molecule has 0 aromatic heterocycles. The van der Waals surface area contributed by atoms with E-state index >= 15 is 0 Å². The van der Waals surface area contributed by atoms with Gasteiger partial charge in [0.05, 0.1) is 17.1 Å². The molecule has 4 atom stereocenters. The zero-order chi connectivity index (χ0) is 33.8. The Morgan fingerprint density at radius 1 is 1.07 bits per heavy atom. The molecule has 1 saturated heterocycles. The molecule has 1 aliphatic heterocycles. The van der Waals surface area contributed by atoms with Gasteiger partial charge in [-0.15, -0.1) is 0 Å². The standard InChI is InChI=1S/C38H49NO6S/c1-24(2)18-34-33(29-14-16-31(17-15-29)46(42,43)39(8)22-28-12-10-9-11-13-28)21-32(26(5)6)38(45-34)37-27(7)19-30(25(3)4)20-35(37)44-23-36(40)41/h9-17,19-20,24-25,32-34,38H,5,18,21-23H2,1-4,6-8H3,(H,40,41)/t32-,33-,34+,38+/m0/s1. The molecule has 0 radical (unpaired) electrons. The Hall–Kier alpha value is -3.46. The first-order chi connectivity index (χ1) is 21.7. The second-order valence-corrected chi connectivity index (χ2v) is 15.5. The highest BCUT2D eigenvalue weighted by molar-refractivity contribution is 7.89. The number of aryl methyl sites for hydroxylation is 1. The molecule has 0 unspecified atom stereocenters. The largest absolute Gasteiger partial charge is 0.482 e.